The van der Waals surface area contributed by atoms with Gasteiger partial charge < -0.3 is 5.32 Å². The molecule has 1 aliphatic heterocycles. The quantitative estimate of drug-likeness (QED) is 0.577. The summed E-state index contributed by atoms with van der Waals surface area (Å²) in [6, 6.07) is 12.4. The van der Waals surface area contributed by atoms with E-state index in [-0.39, 0.29) is 0 Å². The maximum Gasteiger partial charge on any atom is 0.229 e. The second-order valence-corrected chi connectivity index (χ2v) is 9.60. The molecule has 1 atom stereocenters. The maximum atomic E-state index is 11.6. The zero-order valence-corrected chi connectivity index (χ0v) is 17.6. The zero-order chi connectivity index (χ0) is 20.4. The van der Waals surface area contributed by atoms with Crippen LogP contribution in [0.4, 0.5) is 11.4 Å². The van der Waals surface area contributed by atoms with Crippen LogP contribution in [-0.4, -0.2) is 48.9 Å². The summed E-state index contributed by atoms with van der Waals surface area (Å²) in [6.45, 7) is 4.78. The highest BCUT2D eigenvalue weighted by molar-refractivity contribution is 7.92. The Bertz CT molecular complexity index is 1110. The molecule has 2 heterocycles. The number of H-pyrrole nitrogens is 1. The van der Waals surface area contributed by atoms with E-state index in [0.717, 1.165) is 60.2 Å². The summed E-state index contributed by atoms with van der Waals surface area (Å²) in [5.41, 5.74) is 4.95. The number of rotatable bonds is 6. The van der Waals surface area contributed by atoms with Gasteiger partial charge in [-0.15, -0.1) is 0 Å². The number of anilines is 2. The van der Waals surface area contributed by atoms with Crippen molar-refractivity contribution in [2.45, 2.75) is 32.4 Å². The first-order valence-electron chi connectivity index (χ1n) is 9.86. The lowest BCUT2D eigenvalue weighted by Gasteiger charge is -2.34. The van der Waals surface area contributed by atoms with Gasteiger partial charge >= 0.3 is 0 Å². The van der Waals surface area contributed by atoms with Gasteiger partial charge in [-0.1, -0.05) is 12.1 Å². The van der Waals surface area contributed by atoms with E-state index in [0.29, 0.717) is 11.7 Å². The fraction of sp³-hybridized carbons (Fsp3) is 0.381. The lowest BCUT2D eigenvalue weighted by Crippen LogP contribution is -2.41. The van der Waals surface area contributed by atoms with E-state index in [2.05, 4.69) is 49.4 Å². The number of likely N-dealkylation sites (tertiary alicyclic amines) is 1. The van der Waals surface area contributed by atoms with Crippen LogP contribution in [0, 0.1) is 6.92 Å². The summed E-state index contributed by atoms with van der Waals surface area (Å²) in [5.74, 6) is 0. The van der Waals surface area contributed by atoms with E-state index in [1.165, 1.54) is 6.26 Å². The van der Waals surface area contributed by atoms with E-state index >= 15 is 0 Å². The molecule has 4 rings (SSSR count). The minimum atomic E-state index is -3.28. The lowest BCUT2D eigenvalue weighted by molar-refractivity contribution is 0.208. The van der Waals surface area contributed by atoms with Crippen molar-refractivity contribution < 1.29 is 8.42 Å². The molecule has 1 fully saturated rings. The molecule has 7 nitrogen and oxygen atoms in total. The molecule has 0 amide bonds. The van der Waals surface area contributed by atoms with Gasteiger partial charge in [0.2, 0.25) is 10.0 Å². The number of aromatic nitrogens is 2. The monoisotopic (exact) mass is 413 g/mol. The molecule has 0 saturated carbocycles. The lowest BCUT2D eigenvalue weighted by atomic mass is 10.0. The molecule has 29 heavy (non-hydrogen) atoms. The summed E-state index contributed by atoms with van der Waals surface area (Å²) in [5, 5.41) is 11.8. The molecule has 0 aliphatic carbocycles. The number of benzene rings is 2. The van der Waals surface area contributed by atoms with Gasteiger partial charge in [0.05, 0.1) is 23.7 Å². The summed E-state index contributed by atoms with van der Waals surface area (Å²) >= 11 is 0. The minimum absolute atomic E-state index is 0.380. The third kappa shape index (κ3) is 4.89. The van der Waals surface area contributed by atoms with Gasteiger partial charge in [0.25, 0.3) is 0 Å². The Balaban J connectivity index is 1.43. The van der Waals surface area contributed by atoms with Gasteiger partial charge in [-0.3, -0.25) is 14.7 Å². The molecule has 1 aromatic heterocycles. The number of nitrogens with zero attached hydrogens (tertiary/aromatic N) is 2. The van der Waals surface area contributed by atoms with Crippen molar-refractivity contribution in [1.29, 1.82) is 0 Å². The predicted octanol–water partition coefficient (Wildman–Crippen LogP) is 3.32. The van der Waals surface area contributed by atoms with E-state index in [9.17, 15) is 8.42 Å². The van der Waals surface area contributed by atoms with Crippen molar-refractivity contribution in [2.75, 3.05) is 29.4 Å². The van der Waals surface area contributed by atoms with E-state index in [1.54, 1.807) is 0 Å². The Morgan fingerprint density at radius 2 is 2.14 bits per heavy atom. The van der Waals surface area contributed by atoms with Crippen molar-refractivity contribution >= 4 is 32.3 Å². The first-order chi connectivity index (χ1) is 13.9. The second-order valence-electron chi connectivity index (χ2n) is 7.85. The smallest absolute Gasteiger partial charge is 0.229 e. The minimum Gasteiger partial charge on any atom is -0.381 e. The molecular formula is C21H27N5O2S. The van der Waals surface area contributed by atoms with Crippen LogP contribution in [0.15, 0.2) is 42.6 Å². The first kappa shape index (κ1) is 19.7. The molecular weight excluding hydrogens is 386 g/mol. The van der Waals surface area contributed by atoms with Crippen LogP contribution in [-0.2, 0) is 16.6 Å². The SMILES string of the molecule is Cc1c(CN2CCC[C@H](Nc3ccc4[nH]ncc4c3)C2)cccc1NS(C)(=O)=O. The van der Waals surface area contributed by atoms with Gasteiger partial charge in [0.15, 0.2) is 0 Å². The third-order valence-corrected chi connectivity index (χ3v) is 6.04. The predicted molar refractivity (Wildman–Crippen MR) is 118 cm³/mol. The van der Waals surface area contributed by atoms with Crippen LogP contribution in [0.3, 0.4) is 0 Å². The molecule has 8 heteroatoms. The van der Waals surface area contributed by atoms with Crippen molar-refractivity contribution in [3.63, 3.8) is 0 Å². The molecule has 0 unspecified atom stereocenters. The summed E-state index contributed by atoms with van der Waals surface area (Å²) in [4.78, 5) is 2.43. The van der Waals surface area contributed by atoms with Gasteiger partial charge in [-0.2, -0.15) is 5.10 Å². The third-order valence-electron chi connectivity index (χ3n) is 5.45. The summed E-state index contributed by atoms with van der Waals surface area (Å²) < 4.78 is 25.8. The normalized spacial score (nSPS) is 18.1. The number of hydrogen-bond acceptors (Lipinski definition) is 5. The largest absolute Gasteiger partial charge is 0.381 e. The number of fused-ring (bicyclic) bond motifs is 1. The van der Waals surface area contributed by atoms with Crippen LogP contribution < -0.4 is 10.0 Å². The number of nitrogens with one attached hydrogen (secondary N) is 3. The molecule has 0 radical (unpaired) electrons. The summed E-state index contributed by atoms with van der Waals surface area (Å²) in [7, 11) is -3.28. The molecule has 2 aromatic carbocycles. The van der Waals surface area contributed by atoms with E-state index in [1.807, 2.05) is 25.3 Å². The first-order valence-corrected chi connectivity index (χ1v) is 11.7. The average molecular weight is 414 g/mol. The number of hydrogen-bond donors (Lipinski definition) is 3. The number of piperidine rings is 1. The van der Waals surface area contributed by atoms with E-state index < -0.39 is 10.0 Å². The van der Waals surface area contributed by atoms with Gasteiger partial charge in [0, 0.05) is 30.2 Å². The molecule has 0 spiro atoms. The Labute approximate surface area is 171 Å². The van der Waals surface area contributed by atoms with Crippen LogP contribution in [0.2, 0.25) is 0 Å². The molecule has 3 aromatic rings. The van der Waals surface area contributed by atoms with Gasteiger partial charge in [-0.25, -0.2) is 8.42 Å². The van der Waals surface area contributed by atoms with Gasteiger partial charge in [-0.05, 0) is 61.7 Å². The van der Waals surface area contributed by atoms with Crippen molar-refractivity contribution in [3.05, 3.63) is 53.7 Å². The van der Waals surface area contributed by atoms with Crippen LogP contribution in [0.1, 0.15) is 24.0 Å². The van der Waals surface area contributed by atoms with Gasteiger partial charge in [0.1, 0.15) is 0 Å². The molecule has 154 valence electrons. The topological polar surface area (TPSA) is 90.1 Å². The highest BCUT2D eigenvalue weighted by atomic mass is 32.2. The van der Waals surface area contributed by atoms with Crippen LogP contribution >= 0.6 is 0 Å². The highest BCUT2D eigenvalue weighted by Crippen LogP contribution is 2.24. The Kier molecular flexibility index (Phi) is 5.47. The Hall–Kier alpha value is -2.58. The Morgan fingerprint density at radius 1 is 1.28 bits per heavy atom. The van der Waals surface area contributed by atoms with Crippen molar-refractivity contribution in [3.8, 4) is 0 Å². The average Bonchev–Trinajstić information content (AvgIpc) is 3.12. The molecule has 1 saturated heterocycles. The van der Waals surface area contributed by atoms with E-state index in [4.69, 9.17) is 0 Å². The standard InChI is InChI=1S/C21H27N5O2S/c1-15-16(5-3-7-20(15)25-29(2,27)28)13-26-10-4-6-19(14-26)23-18-8-9-21-17(11-18)12-22-24-21/h3,5,7-9,11-12,19,23,25H,4,6,10,13-14H2,1-2H3,(H,22,24)/t19-/m0/s1. The zero-order valence-electron chi connectivity index (χ0n) is 16.8. The van der Waals surface area contributed by atoms with Crippen molar-refractivity contribution in [1.82, 2.24) is 15.1 Å². The fourth-order valence-corrected chi connectivity index (χ4v) is 4.61. The molecule has 1 aliphatic rings. The molecule has 0 bridgehead atoms. The summed E-state index contributed by atoms with van der Waals surface area (Å²) in [6.07, 6.45) is 5.29. The second kappa shape index (κ2) is 8.04. The molecule has 3 N–H and O–H groups in total. The number of aromatic amines is 1. The van der Waals surface area contributed by atoms with Crippen LogP contribution in [0.25, 0.3) is 10.9 Å². The van der Waals surface area contributed by atoms with Crippen LogP contribution in [0.5, 0.6) is 0 Å². The number of sulfonamides is 1. The maximum absolute atomic E-state index is 11.6. The highest BCUT2D eigenvalue weighted by Gasteiger charge is 2.21. The fourth-order valence-electron chi connectivity index (χ4n) is 3.99. The Morgan fingerprint density at radius 3 is 2.97 bits per heavy atom. The van der Waals surface area contributed by atoms with Crippen molar-refractivity contribution in [2.24, 2.45) is 0 Å².